The quantitative estimate of drug-likeness (QED) is 0.740. The number of aliphatic hydroxyl groups excluding tert-OH is 1. The van der Waals surface area contributed by atoms with Crippen molar-refractivity contribution in [3.8, 4) is 11.6 Å². The highest BCUT2D eigenvalue weighted by Gasteiger charge is 2.53. The van der Waals surface area contributed by atoms with E-state index < -0.39 is 24.4 Å². The second kappa shape index (κ2) is 5.15. The summed E-state index contributed by atoms with van der Waals surface area (Å²) in [6, 6.07) is 3.21. The van der Waals surface area contributed by atoms with Gasteiger partial charge in [0.25, 0.3) is 5.88 Å². The summed E-state index contributed by atoms with van der Waals surface area (Å²) in [5.41, 5.74) is 0.0404. The summed E-state index contributed by atoms with van der Waals surface area (Å²) in [6.07, 6.45) is -0.573. The molecule has 0 aromatic carbocycles. The molecule has 0 saturated carbocycles. The lowest BCUT2D eigenvalue weighted by Crippen LogP contribution is -2.38. The molecule has 0 radical (unpaired) electrons. The van der Waals surface area contributed by atoms with Crippen LogP contribution in [-0.2, 0) is 9.53 Å². The first-order valence-electron chi connectivity index (χ1n) is 6.17. The molecule has 1 aromatic heterocycles. The van der Waals surface area contributed by atoms with Gasteiger partial charge in [-0.2, -0.15) is 0 Å². The van der Waals surface area contributed by atoms with Crippen molar-refractivity contribution < 1.29 is 28.9 Å². The van der Waals surface area contributed by atoms with Crippen LogP contribution in [0.3, 0.4) is 0 Å². The highest BCUT2D eigenvalue weighted by molar-refractivity contribution is 5.98. The minimum Gasteiger partial charge on any atom is -0.491 e. The zero-order valence-electron chi connectivity index (χ0n) is 11.0. The standard InChI is InChI=1S/C13H12N2O6/c1-19-8-3-2-4-14-12(8)21-13(18)15-6-5-7(16)10-11(20-10)9(6)17/h2-5,9-11,17H,1H3,(H,15,18). The molecule has 110 valence electrons. The van der Waals surface area contributed by atoms with Crippen molar-refractivity contribution in [1.29, 1.82) is 0 Å². The number of nitrogens with zero attached hydrogens (tertiary/aromatic N) is 1. The van der Waals surface area contributed by atoms with Gasteiger partial charge in [0.1, 0.15) is 18.3 Å². The summed E-state index contributed by atoms with van der Waals surface area (Å²) in [5.74, 6) is -0.0289. The molecule has 2 aliphatic rings. The highest BCUT2D eigenvalue weighted by Crippen LogP contribution is 2.33. The Labute approximate surface area is 119 Å². The fourth-order valence-electron chi connectivity index (χ4n) is 2.04. The third kappa shape index (κ3) is 2.58. The number of hydrogen-bond donors (Lipinski definition) is 2. The van der Waals surface area contributed by atoms with Crippen molar-refractivity contribution in [1.82, 2.24) is 10.3 Å². The van der Waals surface area contributed by atoms with E-state index in [-0.39, 0.29) is 23.1 Å². The topological polar surface area (TPSA) is 110 Å². The van der Waals surface area contributed by atoms with Gasteiger partial charge < -0.3 is 19.3 Å². The van der Waals surface area contributed by atoms with Crippen LogP contribution < -0.4 is 14.8 Å². The number of nitrogens with one attached hydrogen (secondary N) is 1. The Balaban J connectivity index is 1.68. The van der Waals surface area contributed by atoms with Crippen LogP contribution in [0.2, 0.25) is 0 Å². The van der Waals surface area contributed by atoms with Crippen LogP contribution >= 0.6 is 0 Å². The lowest BCUT2D eigenvalue weighted by atomic mass is 10.0. The van der Waals surface area contributed by atoms with Crippen molar-refractivity contribution >= 4 is 11.9 Å². The number of rotatable bonds is 3. The molecular formula is C13H12N2O6. The predicted octanol–water partition coefficient (Wildman–Crippen LogP) is -0.227. The van der Waals surface area contributed by atoms with Gasteiger partial charge in [0.05, 0.1) is 12.8 Å². The summed E-state index contributed by atoms with van der Waals surface area (Å²) in [4.78, 5) is 27.1. The summed E-state index contributed by atoms with van der Waals surface area (Å²) in [7, 11) is 1.42. The van der Waals surface area contributed by atoms with Gasteiger partial charge in [-0.15, -0.1) is 0 Å². The normalized spacial score (nSPS) is 26.5. The largest absolute Gasteiger partial charge is 0.491 e. The van der Waals surface area contributed by atoms with E-state index in [1.54, 1.807) is 12.1 Å². The molecule has 1 aliphatic heterocycles. The maximum atomic E-state index is 11.8. The highest BCUT2D eigenvalue weighted by atomic mass is 16.6. The SMILES string of the molecule is COc1cccnc1OC(=O)NC1=CC(=O)C2OC2C1O. The fraction of sp³-hybridized carbons (Fsp3) is 0.308. The minimum absolute atomic E-state index is 0.0183. The van der Waals surface area contributed by atoms with Crippen LogP contribution in [0.5, 0.6) is 11.6 Å². The third-order valence-corrected chi connectivity index (χ3v) is 3.13. The smallest absolute Gasteiger partial charge is 0.418 e. The average Bonchev–Trinajstić information content (AvgIpc) is 3.26. The molecule has 8 nitrogen and oxygen atoms in total. The van der Waals surface area contributed by atoms with Crippen molar-refractivity contribution in [3.05, 3.63) is 30.1 Å². The molecule has 8 heteroatoms. The zero-order valence-corrected chi connectivity index (χ0v) is 11.0. The molecule has 0 bridgehead atoms. The number of ether oxygens (including phenoxy) is 3. The number of aliphatic hydroxyl groups is 1. The lowest BCUT2D eigenvalue weighted by Gasteiger charge is -2.16. The number of hydrogen-bond acceptors (Lipinski definition) is 7. The van der Waals surface area contributed by atoms with Crippen LogP contribution in [-0.4, -0.2) is 47.4 Å². The van der Waals surface area contributed by atoms with Gasteiger partial charge in [0, 0.05) is 12.3 Å². The second-order valence-corrected chi connectivity index (χ2v) is 4.49. The van der Waals surface area contributed by atoms with Crippen LogP contribution in [0.4, 0.5) is 4.79 Å². The number of amides is 1. The van der Waals surface area contributed by atoms with E-state index in [1.165, 1.54) is 13.3 Å². The zero-order chi connectivity index (χ0) is 15.0. The molecule has 2 N–H and O–H groups in total. The summed E-state index contributed by atoms with van der Waals surface area (Å²) in [5, 5.41) is 12.2. The number of pyridine rings is 1. The van der Waals surface area contributed by atoms with E-state index in [9.17, 15) is 14.7 Å². The summed E-state index contributed by atoms with van der Waals surface area (Å²) in [6.45, 7) is 0. The Morgan fingerprint density at radius 1 is 1.52 bits per heavy atom. The molecule has 1 aliphatic carbocycles. The Bertz CT molecular complexity index is 629. The molecule has 1 amide bonds. The minimum atomic E-state index is -1.06. The van der Waals surface area contributed by atoms with Gasteiger partial charge in [-0.3, -0.25) is 10.1 Å². The van der Waals surface area contributed by atoms with Crippen molar-refractivity contribution in [2.45, 2.75) is 18.3 Å². The number of epoxide rings is 1. The average molecular weight is 292 g/mol. The van der Waals surface area contributed by atoms with Gasteiger partial charge in [-0.1, -0.05) is 0 Å². The molecule has 1 saturated heterocycles. The number of ketones is 1. The fourth-order valence-corrected chi connectivity index (χ4v) is 2.04. The molecular weight excluding hydrogens is 280 g/mol. The van der Waals surface area contributed by atoms with Gasteiger partial charge in [0.2, 0.25) is 0 Å². The number of fused-ring (bicyclic) bond motifs is 1. The van der Waals surface area contributed by atoms with E-state index >= 15 is 0 Å². The van der Waals surface area contributed by atoms with Gasteiger partial charge in [0.15, 0.2) is 11.5 Å². The monoisotopic (exact) mass is 292 g/mol. The van der Waals surface area contributed by atoms with Gasteiger partial charge in [-0.25, -0.2) is 9.78 Å². The number of methoxy groups -OCH3 is 1. The maximum Gasteiger partial charge on any atom is 0.418 e. The summed E-state index contributed by atoms with van der Waals surface area (Å²) < 4.78 is 15.0. The predicted molar refractivity (Wildman–Crippen MR) is 67.7 cm³/mol. The van der Waals surface area contributed by atoms with Crippen molar-refractivity contribution in [3.63, 3.8) is 0 Å². The molecule has 3 rings (SSSR count). The number of carbonyl (C=O) groups is 2. The van der Waals surface area contributed by atoms with E-state index in [4.69, 9.17) is 14.2 Å². The Hall–Kier alpha value is -2.45. The molecule has 21 heavy (non-hydrogen) atoms. The number of carbonyl (C=O) groups excluding carboxylic acids is 2. The van der Waals surface area contributed by atoms with Crippen LogP contribution in [0.25, 0.3) is 0 Å². The van der Waals surface area contributed by atoms with Crippen LogP contribution in [0.1, 0.15) is 0 Å². The molecule has 2 heterocycles. The van der Waals surface area contributed by atoms with Crippen molar-refractivity contribution in [2.24, 2.45) is 0 Å². The molecule has 0 spiro atoms. The Morgan fingerprint density at radius 2 is 2.33 bits per heavy atom. The molecule has 1 fully saturated rings. The van der Waals surface area contributed by atoms with E-state index in [0.717, 1.165) is 6.08 Å². The van der Waals surface area contributed by atoms with Crippen LogP contribution in [0.15, 0.2) is 30.1 Å². The van der Waals surface area contributed by atoms with Crippen molar-refractivity contribution in [2.75, 3.05) is 7.11 Å². The van der Waals surface area contributed by atoms with Crippen LogP contribution in [0, 0.1) is 0 Å². The van der Waals surface area contributed by atoms with E-state index in [1.807, 2.05) is 0 Å². The van der Waals surface area contributed by atoms with Gasteiger partial charge >= 0.3 is 6.09 Å². The molecule has 3 unspecified atom stereocenters. The molecule has 3 atom stereocenters. The number of aromatic nitrogens is 1. The van der Waals surface area contributed by atoms with E-state index in [2.05, 4.69) is 10.3 Å². The lowest BCUT2D eigenvalue weighted by molar-refractivity contribution is -0.116. The third-order valence-electron chi connectivity index (χ3n) is 3.13. The second-order valence-electron chi connectivity index (χ2n) is 4.49. The summed E-state index contributed by atoms with van der Waals surface area (Å²) >= 11 is 0. The maximum absolute atomic E-state index is 11.8. The Kier molecular flexibility index (Phi) is 3.32. The van der Waals surface area contributed by atoms with E-state index in [0.29, 0.717) is 0 Å². The van der Waals surface area contributed by atoms with Gasteiger partial charge in [-0.05, 0) is 12.1 Å². The first-order chi connectivity index (χ1) is 10.1. The first kappa shape index (κ1) is 13.5. The first-order valence-corrected chi connectivity index (χ1v) is 6.17. The Morgan fingerprint density at radius 3 is 3.10 bits per heavy atom. The molecule has 1 aromatic rings.